The molecule has 1 fully saturated rings. The molecule has 0 bridgehead atoms. The molecule has 0 radical (unpaired) electrons. The van der Waals surface area contributed by atoms with Gasteiger partial charge in [-0.2, -0.15) is 9.40 Å². The van der Waals surface area contributed by atoms with Crippen LogP contribution in [0.5, 0.6) is 0 Å². The van der Waals surface area contributed by atoms with Crippen molar-refractivity contribution in [3.63, 3.8) is 0 Å². The zero-order chi connectivity index (χ0) is 15.5. The molecule has 0 saturated carbocycles. The van der Waals surface area contributed by atoms with Gasteiger partial charge in [-0.05, 0) is 20.3 Å². The maximum absolute atomic E-state index is 12.7. The lowest BCUT2D eigenvalue weighted by molar-refractivity contribution is 0.187. The Morgan fingerprint density at radius 2 is 2.05 bits per heavy atom. The second-order valence-electron chi connectivity index (χ2n) is 5.89. The summed E-state index contributed by atoms with van der Waals surface area (Å²) in [6.07, 6.45) is 3.31. The van der Waals surface area contributed by atoms with Crippen LogP contribution in [0.3, 0.4) is 0 Å². The van der Waals surface area contributed by atoms with Crippen LogP contribution in [0.1, 0.15) is 29.9 Å². The second kappa shape index (κ2) is 4.63. The van der Waals surface area contributed by atoms with Crippen LogP contribution in [0.25, 0.3) is 0 Å². The fourth-order valence-corrected chi connectivity index (χ4v) is 4.88. The monoisotopic (exact) mass is 322 g/mol. The fraction of sp³-hybridized carbons (Fsp3) is 0.615. The molecule has 2 aliphatic rings. The summed E-state index contributed by atoms with van der Waals surface area (Å²) in [4.78, 5) is 8.50. The number of aryl methyl sites for hydroxylation is 3. The number of imidazole rings is 1. The van der Waals surface area contributed by atoms with Crippen molar-refractivity contribution < 1.29 is 8.42 Å². The highest BCUT2D eigenvalue weighted by atomic mass is 32.2. The molecule has 0 aromatic carbocycles. The minimum atomic E-state index is -3.46. The van der Waals surface area contributed by atoms with Gasteiger partial charge in [-0.3, -0.25) is 0 Å². The van der Waals surface area contributed by atoms with Crippen LogP contribution in [0.15, 0.2) is 11.2 Å². The largest absolute Gasteiger partial charge is 0.318 e. The van der Waals surface area contributed by atoms with Crippen molar-refractivity contribution in [3.8, 4) is 0 Å². The molecule has 0 N–H and O–H groups in total. The number of nitrogens with zero attached hydrogens (tertiary/aromatic N) is 6. The van der Waals surface area contributed by atoms with Crippen LogP contribution in [-0.4, -0.2) is 50.1 Å². The van der Waals surface area contributed by atoms with Crippen LogP contribution in [0.2, 0.25) is 0 Å². The molecule has 2 aromatic heterocycles. The molecular weight excluding hydrogens is 304 g/mol. The highest BCUT2D eigenvalue weighted by Gasteiger charge is 2.41. The van der Waals surface area contributed by atoms with E-state index in [1.54, 1.807) is 0 Å². The lowest BCUT2D eigenvalue weighted by Gasteiger charge is -2.38. The number of rotatable bonds is 3. The van der Waals surface area contributed by atoms with E-state index in [4.69, 9.17) is 0 Å². The van der Waals surface area contributed by atoms with Gasteiger partial charge in [0, 0.05) is 26.1 Å². The maximum Gasteiger partial charge on any atom is 0.260 e. The molecular formula is C13H18N6O2S. The van der Waals surface area contributed by atoms with E-state index in [1.807, 2.05) is 23.1 Å². The van der Waals surface area contributed by atoms with E-state index in [9.17, 15) is 8.42 Å². The summed E-state index contributed by atoms with van der Waals surface area (Å²) >= 11 is 0. The Hall–Kier alpha value is -1.74. The molecule has 0 spiro atoms. The van der Waals surface area contributed by atoms with Crippen molar-refractivity contribution in [3.05, 3.63) is 23.7 Å². The topological polar surface area (TPSA) is 85.9 Å². The second-order valence-corrected chi connectivity index (χ2v) is 7.78. The smallest absolute Gasteiger partial charge is 0.260 e. The van der Waals surface area contributed by atoms with Gasteiger partial charge in [0.05, 0.1) is 12.2 Å². The van der Waals surface area contributed by atoms with Crippen molar-refractivity contribution >= 4 is 10.0 Å². The number of hydrogen-bond donors (Lipinski definition) is 0. The summed E-state index contributed by atoms with van der Waals surface area (Å²) < 4.78 is 30.6. The zero-order valence-corrected chi connectivity index (χ0v) is 13.4. The SMILES string of the molecule is Cc1nc(C)n(C2CN(S(=O)(=O)c3cnc4n3CCC4)C2)n1. The lowest BCUT2D eigenvalue weighted by Crippen LogP contribution is -2.51. The summed E-state index contributed by atoms with van der Waals surface area (Å²) in [5.41, 5.74) is 0. The van der Waals surface area contributed by atoms with Gasteiger partial charge in [-0.1, -0.05) is 0 Å². The predicted octanol–water partition coefficient (Wildman–Crippen LogP) is 0.283. The number of fused-ring (bicyclic) bond motifs is 1. The first kappa shape index (κ1) is 13.9. The van der Waals surface area contributed by atoms with E-state index in [0.29, 0.717) is 23.9 Å². The Kier molecular flexibility index (Phi) is 2.92. The minimum Gasteiger partial charge on any atom is -0.318 e. The minimum absolute atomic E-state index is 0.0666. The molecule has 4 heterocycles. The molecule has 8 nitrogen and oxygen atoms in total. The van der Waals surface area contributed by atoms with E-state index in [-0.39, 0.29) is 6.04 Å². The van der Waals surface area contributed by atoms with Gasteiger partial charge in [-0.25, -0.2) is 23.1 Å². The molecule has 22 heavy (non-hydrogen) atoms. The third-order valence-electron chi connectivity index (χ3n) is 4.37. The van der Waals surface area contributed by atoms with Gasteiger partial charge in [0.1, 0.15) is 17.5 Å². The van der Waals surface area contributed by atoms with Crippen molar-refractivity contribution in [2.24, 2.45) is 0 Å². The van der Waals surface area contributed by atoms with Crippen LogP contribution < -0.4 is 0 Å². The van der Waals surface area contributed by atoms with E-state index in [1.165, 1.54) is 10.5 Å². The summed E-state index contributed by atoms with van der Waals surface area (Å²) in [6, 6.07) is 0.0666. The lowest BCUT2D eigenvalue weighted by atomic mass is 10.2. The first-order valence-electron chi connectivity index (χ1n) is 7.41. The third kappa shape index (κ3) is 1.92. The zero-order valence-electron chi connectivity index (χ0n) is 12.6. The maximum atomic E-state index is 12.7. The molecule has 0 unspecified atom stereocenters. The van der Waals surface area contributed by atoms with Gasteiger partial charge in [0.25, 0.3) is 10.0 Å². The van der Waals surface area contributed by atoms with Gasteiger partial charge >= 0.3 is 0 Å². The number of sulfonamides is 1. The first-order valence-corrected chi connectivity index (χ1v) is 8.85. The Labute approximate surface area is 128 Å². The summed E-state index contributed by atoms with van der Waals surface area (Å²) in [7, 11) is -3.46. The van der Waals surface area contributed by atoms with E-state index in [2.05, 4.69) is 15.1 Å². The Balaban J connectivity index is 1.55. The molecule has 118 valence electrons. The molecule has 1 saturated heterocycles. The van der Waals surface area contributed by atoms with E-state index >= 15 is 0 Å². The third-order valence-corrected chi connectivity index (χ3v) is 6.20. The molecule has 2 aliphatic heterocycles. The Morgan fingerprint density at radius 1 is 1.27 bits per heavy atom. The first-order chi connectivity index (χ1) is 10.5. The van der Waals surface area contributed by atoms with Crippen LogP contribution in [0.4, 0.5) is 0 Å². The van der Waals surface area contributed by atoms with Gasteiger partial charge < -0.3 is 4.57 Å². The van der Waals surface area contributed by atoms with Crippen LogP contribution in [-0.2, 0) is 23.0 Å². The normalized spacial score (nSPS) is 19.4. The Bertz CT molecular complexity index is 831. The molecule has 4 rings (SSSR count). The summed E-state index contributed by atoms with van der Waals surface area (Å²) in [6.45, 7) is 5.34. The molecule has 0 amide bonds. The van der Waals surface area contributed by atoms with Crippen molar-refractivity contribution in [2.75, 3.05) is 13.1 Å². The fourth-order valence-electron chi connectivity index (χ4n) is 3.22. The predicted molar refractivity (Wildman–Crippen MR) is 77.8 cm³/mol. The van der Waals surface area contributed by atoms with Crippen molar-refractivity contribution in [2.45, 2.75) is 44.3 Å². The van der Waals surface area contributed by atoms with E-state index < -0.39 is 10.0 Å². The number of hydrogen-bond acceptors (Lipinski definition) is 5. The van der Waals surface area contributed by atoms with E-state index in [0.717, 1.165) is 31.0 Å². The van der Waals surface area contributed by atoms with Crippen molar-refractivity contribution in [1.29, 1.82) is 0 Å². The summed E-state index contributed by atoms with van der Waals surface area (Å²) in [5.74, 6) is 2.41. The van der Waals surface area contributed by atoms with Crippen LogP contribution >= 0.6 is 0 Å². The molecule has 0 aliphatic carbocycles. The summed E-state index contributed by atoms with van der Waals surface area (Å²) in [5, 5.41) is 4.66. The van der Waals surface area contributed by atoms with Gasteiger partial charge in [0.15, 0.2) is 5.03 Å². The number of aromatic nitrogens is 5. The van der Waals surface area contributed by atoms with Gasteiger partial charge in [-0.15, -0.1) is 0 Å². The quantitative estimate of drug-likeness (QED) is 0.810. The van der Waals surface area contributed by atoms with Crippen LogP contribution in [0, 0.1) is 13.8 Å². The highest BCUT2D eigenvalue weighted by molar-refractivity contribution is 7.89. The standard InChI is InChI=1S/C13H18N6O2S/c1-9-15-10(2)19(16-9)11-7-17(8-11)22(20,21)13-6-14-12-4-3-5-18(12)13/h6,11H,3-5,7-8H2,1-2H3. The van der Waals surface area contributed by atoms with Crippen molar-refractivity contribution in [1.82, 2.24) is 28.6 Å². The average Bonchev–Trinajstić information content (AvgIpc) is 3.02. The Morgan fingerprint density at radius 3 is 2.73 bits per heavy atom. The molecule has 0 atom stereocenters. The van der Waals surface area contributed by atoms with Gasteiger partial charge in [0.2, 0.25) is 0 Å². The highest BCUT2D eigenvalue weighted by Crippen LogP contribution is 2.30. The average molecular weight is 322 g/mol. The molecule has 2 aromatic rings. The molecule has 9 heteroatoms.